The van der Waals surface area contributed by atoms with Gasteiger partial charge in [0.15, 0.2) is 0 Å². The molecule has 4 nitrogen and oxygen atoms in total. The number of alkyl halides is 2. The Labute approximate surface area is 112 Å². The molecule has 0 aliphatic carbocycles. The van der Waals surface area contributed by atoms with Gasteiger partial charge in [-0.25, -0.2) is 8.78 Å². The van der Waals surface area contributed by atoms with E-state index >= 15 is 0 Å². The van der Waals surface area contributed by atoms with E-state index in [1.54, 1.807) is 7.05 Å². The highest BCUT2D eigenvalue weighted by atomic mass is 19.3. The first-order chi connectivity index (χ1) is 8.90. The summed E-state index contributed by atoms with van der Waals surface area (Å²) >= 11 is 0. The van der Waals surface area contributed by atoms with Crippen LogP contribution in [0.25, 0.3) is 0 Å². The van der Waals surface area contributed by atoms with Crippen LogP contribution in [0.15, 0.2) is 0 Å². The molecule has 1 rings (SSSR count). The summed E-state index contributed by atoms with van der Waals surface area (Å²) in [5, 5.41) is 3.75. The molecule has 1 aromatic rings. The number of nitrogens with two attached hydrogens (primary N) is 1. The number of carbonyl (C=O) groups excluding carboxylic acids is 1. The number of aromatic nitrogens is 2. The Bertz CT molecular complexity index is 443. The molecule has 0 saturated heterocycles. The summed E-state index contributed by atoms with van der Waals surface area (Å²) in [7, 11) is 1.57. The molecule has 19 heavy (non-hydrogen) atoms. The van der Waals surface area contributed by atoms with Crippen molar-refractivity contribution >= 4 is 5.91 Å². The molecule has 1 amide bonds. The van der Waals surface area contributed by atoms with Crippen molar-refractivity contribution in [1.82, 2.24) is 9.78 Å². The SMILES string of the molecule is CCCCCC(C)c1c(C(N)=O)c(C(F)F)nn1C. The minimum atomic E-state index is -2.79. The van der Waals surface area contributed by atoms with Gasteiger partial charge in [-0.05, 0) is 12.3 Å². The zero-order valence-corrected chi connectivity index (χ0v) is 11.6. The lowest BCUT2D eigenvalue weighted by atomic mass is 9.95. The van der Waals surface area contributed by atoms with Crippen molar-refractivity contribution in [2.75, 3.05) is 0 Å². The zero-order chi connectivity index (χ0) is 14.6. The average Bonchev–Trinajstić information content (AvgIpc) is 2.67. The Morgan fingerprint density at radius 3 is 2.53 bits per heavy atom. The number of unbranched alkanes of at least 4 members (excludes halogenated alkanes) is 2. The standard InChI is InChI=1S/C13H21F2N3O/c1-4-5-6-7-8(2)11-9(13(16)19)10(12(14)15)17-18(11)3/h8,12H,4-7H2,1-3H3,(H2,16,19). The van der Waals surface area contributed by atoms with Crippen LogP contribution in [0.2, 0.25) is 0 Å². The number of rotatable bonds is 7. The molecule has 0 aliphatic rings. The van der Waals surface area contributed by atoms with E-state index in [1.807, 2.05) is 6.92 Å². The maximum Gasteiger partial charge on any atom is 0.282 e. The Kier molecular flexibility index (Phi) is 5.44. The molecule has 1 aromatic heterocycles. The first kappa shape index (κ1) is 15.6. The first-order valence-corrected chi connectivity index (χ1v) is 6.54. The molecule has 0 aliphatic heterocycles. The highest BCUT2D eigenvalue weighted by molar-refractivity contribution is 5.95. The van der Waals surface area contributed by atoms with Crippen molar-refractivity contribution in [2.24, 2.45) is 12.8 Å². The highest BCUT2D eigenvalue weighted by Gasteiger charge is 2.28. The van der Waals surface area contributed by atoms with Crippen LogP contribution in [0.5, 0.6) is 0 Å². The van der Waals surface area contributed by atoms with Crippen molar-refractivity contribution < 1.29 is 13.6 Å². The Morgan fingerprint density at radius 1 is 1.42 bits per heavy atom. The van der Waals surface area contributed by atoms with E-state index in [1.165, 1.54) is 4.68 Å². The number of aryl methyl sites for hydroxylation is 1. The van der Waals surface area contributed by atoms with Gasteiger partial charge in [-0.1, -0.05) is 33.1 Å². The molecular formula is C13H21F2N3O. The molecule has 0 spiro atoms. The van der Waals surface area contributed by atoms with Gasteiger partial charge >= 0.3 is 0 Å². The van der Waals surface area contributed by atoms with Crippen molar-refractivity contribution in [3.05, 3.63) is 17.0 Å². The maximum atomic E-state index is 12.9. The molecule has 0 saturated carbocycles. The lowest BCUT2D eigenvalue weighted by Gasteiger charge is -2.13. The van der Waals surface area contributed by atoms with Gasteiger partial charge in [-0.3, -0.25) is 9.48 Å². The number of halogens is 2. The number of hydrogen-bond donors (Lipinski definition) is 1. The van der Waals surface area contributed by atoms with Gasteiger partial charge < -0.3 is 5.73 Å². The topological polar surface area (TPSA) is 60.9 Å². The normalized spacial score (nSPS) is 12.9. The smallest absolute Gasteiger partial charge is 0.282 e. The third-order valence-corrected chi connectivity index (χ3v) is 3.28. The number of nitrogens with zero attached hydrogens (tertiary/aromatic N) is 2. The summed E-state index contributed by atoms with van der Waals surface area (Å²) in [6.07, 6.45) is 1.20. The lowest BCUT2D eigenvalue weighted by Crippen LogP contribution is -2.17. The minimum absolute atomic E-state index is 0.0148. The highest BCUT2D eigenvalue weighted by Crippen LogP contribution is 2.30. The van der Waals surface area contributed by atoms with Crippen LogP contribution in [-0.4, -0.2) is 15.7 Å². The second-order valence-corrected chi connectivity index (χ2v) is 4.83. The number of primary amides is 1. The van der Waals surface area contributed by atoms with Crippen molar-refractivity contribution in [2.45, 2.75) is 51.9 Å². The van der Waals surface area contributed by atoms with Crippen molar-refractivity contribution in [1.29, 1.82) is 0 Å². The Morgan fingerprint density at radius 2 is 2.05 bits per heavy atom. The van der Waals surface area contributed by atoms with Crippen LogP contribution >= 0.6 is 0 Å². The van der Waals surface area contributed by atoms with Gasteiger partial charge in [0, 0.05) is 7.05 Å². The molecule has 6 heteroatoms. The second kappa shape index (κ2) is 6.63. The number of hydrogen-bond acceptors (Lipinski definition) is 2. The van der Waals surface area contributed by atoms with Crippen molar-refractivity contribution in [3.8, 4) is 0 Å². The van der Waals surface area contributed by atoms with Gasteiger partial charge in [-0.15, -0.1) is 0 Å². The largest absolute Gasteiger partial charge is 0.365 e. The average molecular weight is 273 g/mol. The van der Waals surface area contributed by atoms with E-state index in [0.29, 0.717) is 5.69 Å². The Hall–Kier alpha value is -1.46. The van der Waals surface area contributed by atoms with Gasteiger partial charge in [0.1, 0.15) is 5.69 Å². The summed E-state index contributed by atoms with van der Waals surface area (Å²) in [5.41, 5.74) is 5.13. The van der Waals surface area contributed by atoms with Gasteiger partial charge in [0.25, 0.3) is 12.3 Å². The minimum Gasteiger partial charge on any atom is -0.365 e. The van der Waals surface area contributed by atoms with E-state index in [2.05, 4.69) is 12.0 Å². The van der Waals surface area contributed by atoms with E-state index in [9.17, 15) is 13.6 Å². The van der Waals surface area contributed by atoms with E-state index in [4.69, 9.17) is 5.73 Å². The molecular weight excluding hydrogens is 252 g/mol. The molecule has 1 atom stereocenters. The predicted octanol–water partition coefficient (Wildman–Crippen LogP) is 3.14. The van der Waals surface area contributed by atoms with Gasteiger partial charge in [-0.2, -0.15) is 5.10 Å². The van der Waals surface area contributed by atoms with E-state index < -0.39 is 18.0 Å². The fourth-order valence-electron chi connectivity index (χ4n) is 2.37. The van der Waals surface area contributed by atoms with Crippen LogP contribution < -0.4 is 5.73 Å². The van der Waals surface area contributed by atoms with Crippen LogP contribution in [0.1, 0.15) is 73.6 Å². The molecule has 2 N–H and O–H groups in total. The van der Waals surface area contributed by atoms with Crippen molar-refractivity contribution in [3.63, 3.8) is 0 Å². The molecule has 1 heterocycles. The molecule has 1 unspecified atom stereocenters. The second-order valence-electron chi connectivity index (χ2n) is 4.83. The van der Waals surface area contributed by atoms with Crippen LogP contribution in [0.4, 0.5) is 8.78 Å². The fourth-order valence-corrected chi connectivity index (χ4v) is 2.37. The predicted molar refractivity (Wildman–Crippen MR) is 69.2 cm³/mol. The van der Waals surface area contributed by atoms with E-state index in [0.717, 1.165) is 25.7 Å². The third-order valence-electron chi connectivity index (χ3n) is 3.28. The summed E-state index contributed by atoms with van der Waals surface area (Å²) in [4.78, 5) is 11.4. The first-order valence-electron chi connectivity index (χ1n) is 6.54. The fraction of sp³-hybridized carbons (Fsp3) is 0.692. The summed E-state index contributed by atoms with van der Waals surface area (Å²) in [6, 6.07) is 0. The monoisotopic (exact) mass is 273 g/mol. The Balaban J connectivity index is 3.08. The molecule has 0 bridgehead atoms. The van der Waals surface area contributed by atoms with Crippen LogP contribution in [0.3, 0.4) is 0 Å². The molecule has 0 fully saturated rings. The van der Waals surface area contributed by atoms with Crippen LogP contribution in [0, 0.1) is 0 Å². The summed E-state index contributed by atoms with van der Waals surface area (Å²) in [6.45, 7) is 4.01. The third kappa shape index (κ3) is 3.52. The summed E-state index contributed by atoms with van der Waals surface area (Å²) < 4.78 is 27.1. The lowest BCUT2D eigenvalue weighted by molar-refractivity contribution is 0.0983. The molecule has 0 aromatic carbocycles. The van der Waals surface area contributed by atoms with E-state index in [-0.39, 0.29) is 11.5 Å². The zero-order valence-electron chi connectivity index (χ0n) is 11.6. The summed E-state index contributed by atoms with van der Waals surface area (Å²) in [5.74, 6) is -0.847. The van der Waals surface area contributed by atoms with Gasteiger partial charge in [0.2, 0.25) is 0 Å². The maximum absolute atomic E-state index is 12.9. The van der Waals surface area contributed by atoms with Gasteiger partial charge in [0.05, 0.1) is 11.3 Å². The van der Waals surface area contributed by atoms with Crippen LogP contribution in [-0.2, 0) is 7.05 Å². The molecule has 0 radical (unpaired) electrons. The molecule has 108 valence electrons. The number of amides is 1. The number of carbonyl (C=O) groups is 1. The quantitative estimate of drug-likeness (QED) is 0.776.